The molecule has 3 rings (SSSR count). The lowest BCUT2D eigenvalue weighted by Crippen LogP contribution is -2.62. The van der Waals surface area contributed by atoms with Gasteiger partial charge in [0.25, 0.3) is 5.69 Å². The quantitative estimate of drug-likeness (QED) is 0.493. The first-order valence-corrected chi connectivity index (χ1v) is 11.8. The van der Waals surface area contributed by atoms with E-state index >= 15 is 0 Å². The fraction of sp³-hybridized carbons (Fsp3) is 0.619. The number of alkyl carbamates (subject to hydrolysis) is 1. The monoisotopic (exact) mass is 467 g/mol. The number of rotatable bonds is 1. The number of sulfone groups is 1. The second-order valence-corrected chi connectivity index (χ2v) is 12.6. The van der Waals surface area contributed by atoms with Crippen molar-refractivity contribution in [1.29, 1.82) is 0 Å². The van der Waals surface area contributed by atoms with Crippen LogP contribution in [0.5, 0.6) is 5.75 Å². The zero-order chi connectivity index (χ0) is 24.3. The molecule has 0 fully saturated rings. The maximum absolute atomic E-state index is 13.8. The van der Waals surface area contributed by atoms with Crippen LogP contribution in [0.1, 0.15) is 60.5 Å². The molecular weight excluding hydrogens is 438 g/mol. The van der Waals surface area contributed by atoms with Crippen molar-refractivity contribution in [3.63, 3.8) is 0 Å². The number of amides is 1. The molecule has 2 aliphatic rings. The number of nitrogens with one attached hydrogen (secondary N) is 1. The summed E-state index contributed by atoms with van der Waals surface area (Å²) in [6, 6.07) is 4.06. The summed E-state index contributed by atoms with van der Waals surface area (Å²) in [5.41, 5.74) is -2.15. The predicted molar refractivity (Wildman–Crippen MR) is 119 cm³/mol. The Morgan fingerprint density at radius 1 is 1.31 bits per heavy atom. The molecule has 0 aliphatic carbocycles. The van der Waals surface area contributed by atoms with Gasteiger partial charge in [0.1, 0.15) is 27.5 Å². The van der Waals surface area contributed by atoms with Crippen molar-refractivity contribution >= 4 is 27.5 Å². The van der Waals surface area contributed by atoms with Gasteiger partial charge in [0.05, 0.1) is 16.3 Å². The number of carbonyl (C=O) groups excluding carboxylic acids is 1. The van der Waals surface area contributed by atoms with Crippen LogP contribution in [0.3, 0.4) is 0 Å². The number of nitro benzene ring substituents is 1. The number of hydrogen-bond donors (Lipinski definition) is 1. The van der Waals surface area contributed by atoms with Crippen LogP contribution < -0.4 is 10.1 Å². The fourth-order valence-corrected chi connectivity index (χ4v) is 6.48. The first-order valence-electron chi connectivity index (χ1n) is 10.3. The van der Waals surface area contributed by atoms with E-state index in [0.29, 0.717) is 5.75 Å². The molecule has 0 aromatic heterocycles. The Labute approximate surface area is 187 Å². The minimum Gasteiger partial charge on any atom is -0.490 e. The van der Waals surface area contributed by atoms with Crippen molar-refractivity contribution in [2.24, 2.45) is 4.99 Å². The number of fused-ring (bicyclic) bond motifs is 3. The molecule has 0 spiro atoms. The van der Waals surface area contributed by atoms with Gasteiger partial charge in [0.15, 0.2) is 9.84 Å². The van der Waals surface area contributed by atoms with Crippen molar-refractivity contribution in [3.8, 4) is 5.75 Å². The molecule has 1 aromatic carbocycles. The number of amidine groups is 1. The molecule has 2 heterocycles. The Kier molecular flexibility index (Phi) is 5.56. The number of ether oxygens (including phenoxy) is 2. The molecule has 1 aromatic rings. The number of carbonyl (C=O) groups is 1. The number of nitrogens with zero attached hydrogens (tertiary/aromatic N) is 2. The molecule has 11 heteroatoms. The lowest BCUT2D eigenvalue weighted by atomic mass is 9.85. The number of aliphatic imine (C=N–C) groups is 1. The van der Waals surface area contributed by atoms with Crippen LogP contribution in [-0.2, 0) is 20.1 Å². The van der Waals surface area contributed by atoms with Gasteiger partial charge in [-0.05, 0) is 54.5 Å². The lowest BCUT2D eigenvalue weighted by molar-refractivity contribution is -0.385. The van der Waals surface area contributed by atoms with Crippen molar-refractivity contribution in [1.82, 2.24) is 5.32 Å². The van der Waals surface area contributed by atoms with E-state index < -0.39 is 48.1 Å². The summed E-state index contributed by atoms with van der Waals surface area (Å²) in [6.07, 6.45) is -1.17. The maximum atomic E-state index is 13.8. The van der Waals surface area contributed by atoms with Crippen molar-refractivity contribution in [2.75, 3.05) is 0 Å². The summed E-state index contributed by atoms with van der Waals surface area (Å²) < 4.78 is 37.3. The highest BCUT2D eigenvalue weighted by atomic mass is 32.2. The fourth-order valence-electron chi connectivity index (χ4n) is 4.10. The van der Waals surface area contributed by atoms with Crippen LogP contribution in [0.25, 0.3) is 0 Å². The molecule has 0 bridgehead atoms. The van der Waals surface area contributed by atoms with Crippen molar-refractivity contribution < 1.29 is 27.6 Å². The topological polar surface area (TPSA) is 137 Å². The minimum atomic E-state index is -3.94. The van der Waals surface area contributed by atoms with Crippen molar-refractivity contribution in [3.05, 3.63) is 33.9 Å². The summed E-state index contributed by atoms with van der Waals surface area (Å²) >= 11 is 0. The van der Waals surface area contributed by atoms with Crippen LogP contribution in [0.15, 0.2) is 23.2 Å². The Morgan fingerprint density at radius 3 is 2.50 bits per heavy atom. The van der Waals surface area contributed by atoms with E-state index in [1.807, 2.05) is 0 Å². The zero-order valence-electron chi connectivity index (χ0n) is 19.3. The van der Waals surface area contributed by atoms with Crippen LogP contribution in [-0.4, -0.2) is 47.0 Å². The van der Waals surface area contributed by atoms with E-state index in [-0.39, 0.29) is 23.5 Å². The SMILES string of the molecule is C[C@@H]1C[C@H]2[C@](C)(N=C(NC(=O)OC(C)(C)C)C(C)(C)S2(=O)=O)c2cc([N+](=O)[O-])ccc2O1. The molecule has 0 radical (unpaired) electrons. The third-order valence-corrected chi connectivity index (χ3v) is 8.86. The van der Waals surface area contributed by atoms with Crippen molar-refractivity contribution in [2.45, 2.75) is 82.1 Å². The highest BCUT2D eigenvalue weighted by Crippen LogP contribution is 2.50. The van der Waals surface area contributed by atoms with Gasteiger partial charge in [0.2, 0.25) is 0 Å². The molecule has 2 aliphatic heterocycles. The van der Waals surface area contributed by atoms with Gasteiger partial charge in [-0.15, -0.1) is 0 Å². The van der Waals surface area contributed by atoms with E-state index in [1.54, 1.807) is 34.6 Å². The normalized spacial score (nSPS) is 28.2. The van der Waals surface area contributed by atoms with Crippen LogP contribution in [0.2, 0.25) is 0 Å². The summed E-state index contributed by atoms with van der Waals surface area (Å²) in [4.78, 5) is 28.0. The van der Waals surface area contributed by atoms with Crippen LogP contribution in [0.4, 0.5) is 10.5 Å². The molecule has 1 N–H and O–H groups in total. The molecule has 3 atom stereocenters. The minimum absolute atomic E-state index is 0.0856. The van der Waals surface area contributed by atoms with E-state index in [0.717, 1.165) is 0 Å². The molecule has 10 nitrogen and oxygen atoms in total. The Hall–Kier alpha value is -2.69. The predicted octanol–water partition coefficient (Wildman–Crippen LogP) is 3.48. The number of nitro groups is 1. The second-order valence-electron chi connectivity index (χ2n) is 9.88. The average Bonchev–Trinajstić information content (AvgIpc) is 2.73. The Bertz CT molecular complexity index is 1100. The van der Waals surface area contributed by atoms with Gasteiger partial charge >= 0.3 is 6.09 Å². The van der Waals surface area contributed by atoms with E-state index in [1.165, 1.54) is 32.0 Å². The van der Waals surface area contributed by atoms with E-state index in [9.17, 15) is 23.3 Å². The van der Waals surface area contributed by atoms with E-state index in [2.05, 4.69) is 5.32 Å². The highest BCUT2D eigenvalue weighted by Gasteiger charge is 2.59. The number of hydrogen-bond acceptors (Lipinski definition) is 8. The maximum Gasteiger partial charge on any atom is 0.413 e. The van der Waals surface area contributed by atoms with Gasteiger partial charge in [-0.25, -0.2) is 13.2 Å². The molecule has 176 valence electrons. The Balaban J connectivity index is 2.25. The van der Waals surface area contributed by atoms with Crippen LogP contribution >= 0.6 is 0 Å². The van der Waals surface area contributed by atoms with Gasteiger partial charge in [-0.2, -0.15) is 0 Å². The Morgan fingerprint density at radius 2 is 1.94 bits per heavy atom. The summed E-state index contributed by atoms with van der Waals surface area (Å²) in [6.45, 7) is 11.4. The molecule has 32 heavy (non-hydrogen) atoms. The average molecular weight is 468 g/mol. The third-order valence-electron chi connectivity index (χ3n) is 5.84. The highest BCUT2D eigenvalue weighted by molar-refractivity contribution is 7.94. The molecule has 0 saturated heterocycles. The number of non-ortho nitro benzene ring substituents is 1. The summed E-state index contributed by atoms with van der Waals surface area (Å²) in [7, 11) is -3.94. The van der Waals surface area contributed by atoms with Crippen LogP contribution in [0, 0.1) is 10.1 Å². The standard InChI is InChI=1S/C21H29N3O7S/c1-12-10-16-21(7,14-11-13(24(26)27)8-9-15(14)30-12)23-17(20(5,6)32(16,28)29)22-18(25)31-19(2,3)4/h8-9,11-12,16H,10H2,1-7H3,(H,22,23,25)/t12-,16+,21-/m1/s1. The lowest BCUT2D eigenvalue weighted by Gasteiger charge is -2.44. The third kappa shape index (κ3) is 3.94. The number of benzene rings is 1. The van der Waals surface area contributed by atoms with Gasteiger partial charge in [0, 0.05) is 24.1 Å². The molecule has 1 amide bonds. The molecule has 0 unspecified atom stereocenters. The van der Waals surface area contributed by atoms with E-state index in [4.69, 9.17) is 14.5 Å². The summed E-state index contributed by atoms with van der Waals surface area (Å²) in [5.74, 6) is 0.237. The van der Waals surface area contributed by atoms with Gasteiger partial charge in [-0.1, -0.05) is 0 Å². The summed E-state index contributed by atoms with van der Waals surface area (Å²) in [5, 5.41) is 12.9. The largest absolute Gasteiger partial charge is 0.490 e. The smallest absolute Gasteiger partial charge is 0.413 e. The molecule has 0 saturated carbocycles. The van der Waals surface area contributed by atoms with Gasteiger partial charge < -0.3 is 9.47 Å². The first kappa shape index (κ1) is 24.0. The first-order chi connectivity index (χ1) is 14.5. The zero-order valence-corrected chi connectivity index (χ0v) is 20.1. The second kappa shape index (κ2) is 7.43. The van der Waals surface area contributed by atoms with Gasteiger partial charge in [-0.3, -0.25) is 20.4 Å². The molecular formula is C21H29N3O7S.